The zero-order valence-electron chi connectivity index (χ0n) is 7.27. The van der Waals surface area contributed by atoms with E-state index in [0.29, 0.717) is 0 Å². The summed E-state index contributed by atoms with van der Waals surface area (Å²) in [7, 11) is 1.73. The van der Waals surface area contributed by atoms with Crippen molar-refractivity contribution in [3.05, 3.63) is 31.6 Å². The maximum Gasteiger partial charge on any atom is 4.00 e. The van der Waals surface area contributed by atoms with E-state index in [1.165, 1.54) is 5.92 Å². The second-order valence-corrected chi connectivity index (χ2v) is 2.04. The van der Waals surface area contributed by atoms with Crippen molar-refractivity contribution in [2.24, 2.45) is 0 Å². The van der Waals surface area contributed by atoms with E-state index < -0.39 is 0 Å². The molecule has 0 heterocycles. The maximum absolute atomic E-state index is 4.92. The van der Waals surface area contributed by atoms with Crippen LogP contribution >= 0.6 is 0 Å². The molecule has 0 saturated heterocycles. The topological polar surface area (TPSA) is 9.23 Å². The Bertz CT molecular complexity index is 79.8. The Morgan fingerprint density at radius 2 is 1.54 bits per heavy atom. The summed E-state index contributed by atoms with van der Waals surface area (Å²) in [5.41, 5.74) is 0. The van der Waals surface area contributed by atoms with Gasteiger partial charge in [-0.2, -0.15) is 0 Å². The fourth-order valence-corrected chi connectivity index (χ4v) is 0.800. The summed E-state index contributed by atoms with van der Waals surface area (Å²) in [5.74, 6) is 1.36. The van der Waals surface area contributed by atoms with Crippen LogP contribution in [-0.2, 0) is 26.5 Å². The standard InChI is InChI=1S/C8H11O.3ClH.Ti/c1-9-7-6-8-4-2-3-5-8;;;;/h2-5H,6-7H2,1H3;3*1H;/q;;;;+4/p-3. The normalized spacial score (nSPS) is 14.5. The molecule has 5 radical (unpaired) electrons. The van der Waals surface area contributed by atoms with Crippen molar-refractivity contribution >= 4 is 0 Å². The molecule has 0 N–H and O–H groups in total. The van der Waals surface area contributed by atoms with E-state index in [2.05, 4.69) is 12.8 Å². The van der Waals surface area contributed by atoms with Crippen LogP contribution in [0.1, 0.15) is 6.42 Å². The van der Waals surface area contributed by atoms with Crippen molar-refractivity contribution in [1.82, 2.24) is 0 Å². The van der Waals surface area contributed by atoms with Crippen molar-refractivity contribution in [3.63, 3.8) is 0 Å². The first kappa shape index (κ1) is 24.0. The molecular weight excluding hydrogens is 266 g/mol. The zero-order chi connectivity index (χ0) is 6.53. The number of hydrogen-bond donors (Lipinski definition) is 0. The molecule has 1 fully saturated rings. The Hall–Kier alpha value is 1.54. The average molecular weight is 277 g/mol. The van der Waals surface area contributed by atoms with Crippen LogP contribution in [0.25, 0.3) is 0 Å². The molecule has 1 aliphatic carbocycles. The van der Waals surface area contributed by atoms with Crippen LogP contribution < -0.4 is 37.2 Å². The van der Waals surface area contributed by atoms with Crippen molar-refractivity contribution in [2.45, 2.75) is 6.42 Å². The largest absolute Gasteiger partial charge is 4.00 e. The number of methoxy groups -OCH3 is 1. The summed E-state index contributed by atoms with van der Waals surface area (Å²) in [4.78, 5) is 0. The quantitative estimate of drug-likeness (QED) is 0.466. The number of hydrogen-bond acceptors (Lipinski definition) is 1. The van der Waals surface area contributed by atoms with E-state index in [1.54, 1.807) is 7.11 Å². The molecule has 0 amide bonds. The van der Waals surface area contributed by atoms with Crippen molar-refractivity contribution in [1.29, 1.82) is 0 Å². The molecule has 1 rings (SSSR count). The summed E-state index contributed by atoms with van der Waals surface area (Å²) < 4.78 is 4.92. The van der Waals surface area contributed by atoms with Crippen LogP contribution in [0.15, 0.2) is 0 Å². The third-order valence-electron chi connectivity index (χ3n) is 1.33. The molecule has 5 heteroatoms. The average Bonchev–Trinajstić information content (AvgIpc) is 2.34. The molecule has 0 aromatic heterocycles. The first-order valence-electron chi connectivity index (χ1n) is 3.13. The van der Waals surface area contributed by atoms with Crippen LogP contribution in [0.5, 0.6) is 0 Å². The van der Waals surface area contributed by atoms with E-state index in [4.69, 9.17) is 4.74 Å². The Morgan fingerprint density at radius 1 is 1.08 bits per heavy atom. The van der Waals surface area contributed by atoms with E-state index in [1.807, 2.05) is 12.8 Å². The van der Waals surface area contributed by atoms with Gasteiger partial charge in [-0.1, -0.05) is 0 Å². The molecule has 0 aromatic carbocycles. The second-order valence-electron chi connectivity index (χ2n) is 2.04. The summed E-state index contributed by atoms with van der Waals surface area (Å²) in [5, 5.41) is 0. The molecule has 0 bridgehead atoms. The van der Waals surface area contributed by atoms with Crippen LogP contribution in [0.4, 0.5) is 0 Å². The van der Waals surface area contributed by atoms with Gasteiger partial charge in [0.05, 0.1) is 0 Å². The van der Waals surface area contributed by atoms with Gasteiger partial charge in [-0.25, -0.2) is 0 Å². The van der Waals surface area contributed by atoms with E-state index in [9.17, 15) is 0 Å². The Balaban J connectivity index is -0.000000101. The molecule has 0 aliphatic heterocycles. The molecule has 0 unspecified atom stereocenters. The predicted octanol–water partition coefficient (Wildman–Crippen LogP) is -7.56. The molecule has 13 heavy (non-hydrogen) atoms. The Morgan fingerprint density at radius 3 is 1.92 bits per heavy atom. The predicted molar refractivity (Wildman–Crippen MR) is 36.9 cm³/mol. The third-order valence-corrected chi connectivity index (χ3v) is 1.33. The van der Waals surface area contributed by atoms with Crippen LogP contribution in [0.3, 0.4) is 0 Å². The SMILES string of the molecule is COCC[C]1[CH][CH][CH][CH]1.[Cl-].[Cl-].[Cl-].[Ti+4]. The zero-order valence-corrected chi connectivity index (χ0v) is 11.1. The van der Waals surface area contributed by atoms with Crippen molar-refractivity contribution < 1.29 is 63.7 Å². The van der Waals surface area contributed by atoms with Gasteiger partial charge in [-0.15, -0.1) is 0 Å². The van der Waals surface area contributed by atoms with Crippen LogP contribution in [0, 0.1) is 31.6 Å². The van der Waals surface area contributed by atoms with Gasteiger partial charge in [-0.05, 0) is 38.0 Å². The first-order valence-corrected chi connectivity index (χ1v) is 3.13. The van der Waals surface area contributed by atoms with Gasteiger partial charge in [0.2, 0.25) is 0 Å². The molecule has 1 nitrogen and oxygen atoms in total. The minimum Gasteiger partial charge on any atom is -1.00 e. The van der Waals surface area contributed by atoms with E-state index in [0.717, 1.165) is 13.0 Å². The number of ether oxygens (including phenoxy) is 1. The summed E-state index contributed by atoms with van der Waals surface area (Å²) in [6.45, 7) is 0.823. The number of rotatable bonds is 3. The molecular formula is C8H11Cl3OTi+. The molecule has 0 aromatic rings. The van der Waals surface area contributed by atoms with Gasteiger partial charge < -0.3 is 42.0 Å². The van der Waals surface area contributed by atoms with Gasteiger partial charge in [0, 0.05) is 13.7 Å². The molecule has 1 saturated carbocycles. The summed E-state index contributed by atoms with van der Waals surface area (Å²) in [6, 6.07) is 0. The summed E-state index contributed by atoms with van der Waals surface area (Å²) >= 11 is 0. The van der Waals surface area contributed by atoms with Gasteiger partial charge in [0.25, 0.3) is 0 Å². The first-order chi connectivity index (χ1) is 4.43. The number of halogens is 3. The van der Waals surface area contributed by atoms with Gasteiger partial charge in [0.15, 0.2) is 0 Å². The smallest absolute Gasteiger partial charge is 1.00 e. The molecule has 0 spiro atoms. The van der Waals surface area contributed by atoms with Crippen molar-refractivity contribution in [2.75, 3.05) is 13.7 Å². The Kier molecular flexibility index (Phi) is 29.5. The van der Waals surface area contributed by atoms with E-state index in [-0.39, 0.29) is 58.9 Å². The van der Waals surface area contributed by atoms with E-state index >= 15 is 0 Å². The third kappa shape index (κ3) is 11.5. The molecule has 1 aliphatic rings. The van der Waals surface area contributed by atoms with Crippen LogP contribution in [0.2, 0.25) is 0 Å². The fourth-order valence-electron chi connectivity index (χ4n) is 0.800. The van der Waals surface area contributed by atoms with Crippen LogP contribution in [-0.4, -0.2) is 13.7 Å². The van der Waals surface area contributed by atoms with Gasteiger partial charge >= 0.3 is 21.7 Å². The molecule has 0 atom stereocenters. The fraction of sp³-hybridized carbons (Fsp3) is 0.375. The summed E-state index contributed by atoms with van der Waals surface area (Å²) in [6.07, 6.45) is 9.34. The van der Waals surface area contributed by atoms with Crippen molar-refractivity contribution in [3.8, 4) is 0 Å². The Labute approximate surface area is 115 Å². The van der Waals surface area contributed by atoms with Gasteiger partial charge in [-0.3, -0.25) is 0 Å². The maximum atomic E-state index is 4.92. The monoisotopic (exact) mass is 276 g/mol. The van der Waals surface area contributed by atoms with Gasteiger partial charge in [0.1, 0.15) is 0 Å². The minimum atomic E-state index is 0. The second kappa shape index (κ2) is 16.0. The molecule has 73 valence electrons. The minimum absolute atomic E-state index is 0.